The largest absolute Gasteiger partial charge is 2.00 e. The maximum absolute atomic E-state index is 15.1. The molecule has 0 unspecified atom stereocenters. The van der Waals surface area contributed by atoms with Crippen molar-refractivity contribution in [2.75, 3.05) is 0 Å². The summed E-state index contributed by atoms with van der Waals surface area (Å²) in [4.78, 5) is 146. The molecule has 0 N–H and O–H groups in total. The van der Waals surface area contributed by atoms with Gasteiger partial charge in [-0.05, 0) is 251 Å². The van der Waals surface area contributed by atoms with Crippen LogP contribution in [0.4, 0.5) is 0 Å². The van der Waals surface area contributed by atoms with Crippen molar-refractivity contribution < 1.29 is 19.5 Å². The molecule has 0 spiro atoms. The van der Waals surface area contributed by atoms with Gasteiger partial charge in [0.25, 0.3) is 0 Å². The second-order valence-corrected chi connectivity index (χ2v) is 42.0. The SMILES string of the molecule is CC(C)(C)c1cc(-c2c3nc(c(-c4cc(C(C)(C)C)cc(C(C)(C)C)c4)c4[n-]c(c(-c5cc(C(C)(C)C)cc(C(C)(C)C)c5)c5nc(c(-c6cc(C(C)(C)C)cc(C(C)(C)C)c6)c6[n-]c2c2cc7c(=O)ccc(=O)c7cc62)c2cc6c(=O)ccc(=O)c6cc52)c2cc5c(=O)ccc(=O)c5cc42)c2cc4c(=O)ccc(=O)c4cc32)cc(C(C)(C)C)c1.[Zn+2]. The van der Waals surface area contributed by atoms with Crippen LogP contribution in [0.2, 0.25) is 0 Å². The molecule has 121 heavy (non-hydrogen) atoms. The van der Waals surface area contributed by atoms with Crippen molar-refractivity contribution in [3.63, 3.8) is 0 Å². The van der Waals surface area contributed by atoms with Gasteiger partial charge in [-0.15, -0.1) is 22.1 Å². The number of hydrogen-bond acceptors (Lipinski definition) is 10. The molecule has 602 valence electrons. The van der Waals surface area contributed by atoms with Crippen molar-refractivity contribution in [2.45, 2.75) is 209 Å². The van der Waals surface area contributed by atoms with Crippen molar-refractivity contribution >= 4 is 130 Å². The fraction of sp³-hybridized carbons (Fsp3) is 0.296. The van der Waals surface area contributed by atoms with Crippen molar-refractivity contribution in [2.24, 2.45) is 0 Å². The second-order valence-electron chi connectivity index (χ2n) is 42.0. The Morgan fingerprint density at radius 2 is 0.314 bits per heavy atom. The number of hydrogen-bond donors (Lipinski definition) is 0. The Morgan fingerprint density at radius 3 is 0.446 bits per heavy atom. The van der Waals surface area contributed by atoms with E-state index in [-0.39, 0.29) is 62.6 Å². The normalized spacial score (nSPS) is 13.2. The van der Waals surface area contributed by atoms with Gasteiger partial charge in [-0.2, -0.15) is 0 Å². The van der Waals surface area contributed by atoms with E-state index < -0.39 is 86.8 Å². The van der Waals surface area contributed by atoms with Crippen LogP contribution >= 0.6 is 0 Å². The van der Waals surface area contributed by atoms with Gasteiger partial charge in [0.2, 0.25) is 0 Å². The first kappa shape index (κ1) is 83.0. The maximum atomic E-state index is 15.1. The van der Waals surface area contributed by atoms with E-state index in [9.17, 15) is 0 Å². The minimum atomic E-state index is -0.497. The van der Waals surface area contributed by atoms with Crippen LogP contribution in [-0.2, 0) is 62.8 Å². The fourth-order valence-corrected chi connectivity index (χ4v) is 17.5. The summed E-state index contributed by atoms with van der Waals surface area (Å²) in [6, 6.07) is 51.2. The van der Waals surface area contributed by atoms with Crippen LogP contribution in [0.25, 0.3) is 175 Å². The molecule has 0 aliphatic heterocycles. The third-order valence-electron chi connectivity index (χ3n) is 24.9. The Labute approximate surface area is 715 Å². The van der Waals surface area contributed by atoms with Crippen molar-refractivity contribution in [3.8, 4) is 44.5 Å². The van der Waals surface area contributed by atoms with Gasteiger partial charge >= 0.3 is 19.5 Å². The summed E-state index contributed by atoms with van der Waals surface area (Å²) in [5.41, 5.74) is 7.90. The summed E-state index contributed by atoms with van der Waals surface area (Å²) in [5.74, 6) is 0. The minimum Gasteiger partial charge on any atom is -0.656 e. The van der Waals surface area contributed by atoms with Gasteiger partial charge in [-0.25, -0.2) is 9.97 Å². The Bertz CT molecular complexity index is 6660. The van der Waals surface area contributed by atoms with Gasteiger partial charge in [0, 0.05) is 64.6 Å². The monoisotopic (exact) mass is 1640 g/mol. The Hall–Kier alpha value is -11.7. The molecular formula is C108H100N4O8Zn. The van der Waals surface area contributed by atoms with E-state index in [0.717, 1.165) is 44.5 Å². The van der Waals surface area contributed by atoms with Gasteiger partial charge in [-0.1, -0.05) is 239 Å². The molecule has 0 aliphatic carbocycles. The van der Waals surface area contributed by atoms with E-state index in [0.29, 0.717) is 132 Å². The predicted octanol–water partition coefficient (Wildman–Crippen LogP) is 23.0. The topological polar surface area (TPSA) is 191 Å². The van der Waals surface area contributed by atoms with E-state index in [4.69, 9.17) is 19.9 Å². The first-order chi connectivity index (χ1) is 55.8. The number of fused-ring (bicyclic) bond motifs is 4. The first-order valence-electron chi connectivity index (χ1n) is 41.6. The molecule has 0 saturated heterocycles. The van der Waals surface area contributed by atoms with E-state index in [2.05, 4.69) is 239 Å². The number of benzene rings is 12. The fourth-order valence-electron chi connectivity index (χ4n) is 17.5. The predicted molar refractivity (Wildman–Crippen MR) is 503 cm³/mol. The summed E-state index contributed by atoms with van der Waals surface area (Å²) in [6.45, 7) is 52.1. The van der Waals surface area contributed by atoms with Gasteiger partial charge in [0.05, 0.1) is 22.1 Å². The van der Waals surface area contributed by atoms with Crippen LogP contribution < -0.4 is 53.4 Å². The summed E-state index contributed by atoms with van der Waals surface area (Å²) >= 11 is 0. The molecule has 0 aliphatic rings. The van der Waals surface area contributed by atoms with Gasteiger partial charge < -0.3 is 9.97 Å². The van der Waals surface area contributed by atoms with Crippen molar-refractivity contribution in [1.82, 2.24) is 19.9 Å². The number of aromatic nitrogens is 4. The van der Waals surface area contributed by atoms with Gasteiger partial charge in [0.1, 0.15) is 0 Å². The van der Waals surface area contributed by atoms with Crippen molar-refractivity contribution in [1.29, 1.82) is 0 Å². The molecule has 0 atom stereocenters. The molecule has 4 heterocycles. The quantitative estimate of drug-likeness (QED) is 0.152. The number of nitrogens with zero attached hydrogens (tertiary/aromatic N) is 4. The van der Waals surface area contributed by atoms with Crippen LogP contribution in [0.1, 0.15) is 211 Å². The van der Waals surface area contributed by atoms with Gasteiger partial charge in [-0.3, -0.25) is 38.4 Å². The molecule has 17 aromatic rings. The smallest absolute Gasteiger partial charge is 0.656 e. The molecule has 0 radical (unpaired) electrons. The van der Waals surface area contributed by atoms with Gasteiger partial charge in [0.15, 0.2) is 43.4 Å². The molecule has 12 nitrogen and oxygen atoms in total. The first-order valence-corrected chi connectivity index (χ1v) is 41.6. The molecule has 13 aromatic carbocycles. The Balaban J connectivity index is 0.0000109. The second kappa shape index (κ2) is 27.7. The molecule has 0 amide bonds. The zero-order chi connectivity index (χ0) is 86.3. The molecule has 13 heteroatoms. The van der Waals surface area contributed by atoms with Crippen LogP contribution in [0, 0.1) is 0 Å². The zero-order valence-electron chi connectivity index (χ0n) is 73.9. The molecule has 4 aromatic heterocycles. The zero-order valence-corrected chi connectivity index (χ0v) is 76.9. The van der Waals surface area contributed by atoms with E-state index in [1.54, 1.807) is 48.5 Å². The third-order valence-corrected chi connectivity index (χ3v) is 24.9. The summed E-state index contributed by atoms with van der Waals surface area (Å²) in [5, 5.41) is 4.91. The molecular weight excluding hydrogens is 1550 g/mol. The molecule has 17 rings (SSSR count). The summed E-state index contributed by atoms with van der Waals surface area (Å²) in [7, 11) is 0. The average molecular weight is 1650 g/mol. The van der Waals surface area contributed by atoms with Crippen LogP contribution in [-0.4, -0.2) is 9.97 Å². The van der Waals surface area contributed by atoms with Crippen LogP contribution in [0.3, 0.4) is 0 Å². The summed E-state index contributed by atoms with van der Waals surface area (Å²) < 4.78 is 0. The minimum absolute atomic E-state index is 0. The van der Waals surface area contributed by atoms with Crippen LogP contribution in [0.15, 0.2) is 208 Å². The summed E-state index contributed by atoms with van der Waals surface area (Å²) in [6.07, 6.45) is 0. The third kappa shape index (κ3) is 14.0. The Kier molecular flexibility index (Phi) is 19.0. The van der Waals surface area contributed by atoms with Crippen molar-refractivity contribution in [3.05, 3.63) is 296 Å². The molecule has 0 saturated carbocycles. The standard InChI is InChI=1S/C108H102N4O8.Zn/c1-101(2,3)57-33-53(34-58(41-57)102(4,5)6)89-93-73-45-65-67(83(115)27-25-81(65)113)47-75(73)95(109-93)90(54-35-59(103(7,8)9)42-60(36-54)104(10,11)12)97-77-49-69-71(87(119)31-29-85(69)117)51-79(77)99(111-97)92(56-39-63(107(19,20)21)44-64(40-56)108(22,23)24)100-80-52-72-70(86(118)30-32-88(72)120)50-78(80)98(112-100)91(55-37-61(105(13,14)15)43-62(38-55)106(16,17)18)96-76-48-68-66(46-74(76)94(89)110-96)82(114)26-28-84(68)116;/h25-52H,1-24H3,(H2,109,110,111,112,113,114,115,116,117,118,119,120);/q;+2/p-2. The van der Waals surface area contributed by atoms with E-state index in [1.165, 1.54) is 48.5 Å². The maximum Gasteiger partial charge on any atom is 2.00 e. The average Bonchev–Trinajstić information content (AvgIpc) is 1.54. The molecule has 8 bridgehead atoms. The molecule has 0 fully saturated rings. The van der Waals surface area contributed by atoms with Crippen LogP contribution in [0.5, 0.6) is 0 Å². The van der Waals surface area contributed by atoms with E-state index in [1.807, 2.05) is 0 Å². The van der Waals surface area contributed by atoms with E-state index >= 15 is 38.4 Å². The Morgan fingerprint density at radius 1 is 0.182 bits per heavy atom. The number of rotatable bonds is 4.